The number of benzene rings is 1. The summed E-state index contributed by atoms with van der Waals surface area (Å²) in [7, 11) is 1.66. The lowest BCUT2D eigenvalue weighted by Crippen LogP contribution is -2.48. The topological polar surface area (TPSA) is 49.9 Å². The Kier molecular flexibility index (Phi) is 6.17. The van der Waals surface area contributed by atoms with Gasteiger partial charge in [0.2, 0.25) is 11.8 Å². The molecule has 2 amide bonds. The van der Waals surface area contributed by atoms with Gasteiger partial charge in [-0.1, -0.05) is 19.1 Å². The van der Waals surface area contributed by atoms with Crippen molar-refractivity contribution in [3.8, 4) is 5.75 Å². The number of aryl methyl sites for hydroxylation is 1. The molecule has 2 bridgehead atoms. The van der Waals surface area contributed by atoms with E-state index in [0.717, 1.165) is 44.4 Å². The van der Waals surface area contributed by atoms with Gasteiger partial charge in [0.15, 0.2) is 0 Å². The summed E-state index contributed by atoms with van der Waals surface area (Å²) in [6.45, 7) is 4.24. The van der Waals surface area contributed by atoms with Gasteiger partial charge in [0.1, 0.15) is 5.75 Å². The molecule has 3 saturated heterocycles. The average Bonchev–Trinajstić information content (AvgIpc) is 2.95. The predicted molar refractivity (Wildman–Crippen MR) is 101 cm³/mol. The van der Waals surface area contributed by atoms with Gasteiger partial charge in [0, 0.05) is 32.1 Å². The van der Waals surface area contributed by atoms with Gasteiger partial charge in [-0.25, -0.2) is 0 Å². The van der Waals surface area contributed by atoms with Crippen molar-refractivity contribution in [1.29, 1.82) is 0 Å². The Balaban J connectivity index is 1.52. The second kappa shape index (κ2) is 8.56. The van der Waals surface area contributed by atoms with Crippen molar-refractivity contribution in [3.63, 3.8) is 0 Å². The summed E-state index contributed by atoms with van der Waals surface area (Å²) < 4.78 is 5.17. The maximum atomic E-state index is 12.7. The lowest BCUT2D eigenvalue weighted by Gasteiger charge is -2.35. The number of rotatable bonds is 7. The molecular formula is C21H30N2O3. The van der Waals surface area contributed by atoms with Gasteiger partial charge in [-0.2, -0.15) is 0 Å². The number of hydrogen-bond donors (Lipinski definition) is 0. The van der Waals surface area contributed by atoms with Gasteiger partial charge in [-0.3, -0.25) is 9.59 Å². The lowest BCUT2D eigenvalue weighted by molar-refractivity contribution is -0.139. The molecule has 3 fully saturated rings. The van der Waals surface area contributed by atoms with Crippen LogP contribution in [0.3, 0.4) is 0 Å². The number of carbonyl (C=O) groups is 2. The van der Waals surface area contributed by atoms with Crippen LogP contribution < -0.4 is 4.74 Å². The van der Waals surface area contributed by atoms with Crippen LogP contribution >= 0.6 is 0 Å². The summed E-state index contributed by atoms with van der Waals surface area (Å²) in [5, 5.41) is 0. The van der Waals surface area contributed by atoms with Crippen molar-refractivity contribution >= 4 is 11.8 Å². The van der Waals surface area contributed by atoms with E-state index < -0.39 is 0 Å². The highest BCUT2D eigenvalue weighted by Gasteiger charge is 2.41. The zero-order chi connectivity index (χ0) is 18.5. The predicted octanol–water partition coefficient (Wildman–Crippen LogP) is 2.88. The van der Waals surface area contributed by atoms with Crippen LogP contribution in [0.15, 0.2) is 24.3 Å². The highest BCUT2D eigenvalue weighted by Crippen LogP contribution is 2.29. The highest BCUT2D eigenvalue weighted by molar-refractivity contribution is 5.83. The van der Waals surface area contributed by atoms with Crippen molar-refractivity contribution in [2.24, 2.45) is 5.92 Å². The van der Waals surface area contributed by atoms with Crippen molar-refractivity contribution in [2.75, 3.05) is 26.7 Å². The van der Waals surface area contributed by atoms with Crippen LogP contribution in [0.2, 0.25) is 0 Å². The molecule has 1 aromatic rings. The molecule has 0 unspecified atom stereocenters. The first-order chi connectivity index (χ1) is 12.6. The van der Waals surface area contributed by atoms with Gasteiger partial charge in [-0.05, 0) is 49.8 Å². The van der Waals surface area contributed by atoms with E-state index in [9.17, 15) is 9.59 Å². The van der Waals surface area contributed by atoms with Crippen LogP contribution in [-0.2, 0) is 16.0 Å². The van der Waals surface area contributed by atoms with E-state index >= 15 is 0 Å². The molecule has 2 atom stereocenters. The molecule has 142 valence electrons. The number of amides is 2. The largest absolute Gasteiger partial charge is 0.497 e. The fourth-order valence-electron chi connectivity index (χ4n) is 4.17. The molecule has 1 aromatic carbocycles. The minimum atomic E-state index is 0.00541. The van der Waals surface area contributed by atoms with Crippen LogP contribution in [0, 0.1) is 5.92 Å². The summed E-state index contributed by atoms with van der Waals surface area (Å²) in [5.74, 6) is 1.32. The van der Waals surface area contributed by atoms with Gasteiger partial charge < -0.3 is 14.5 Å². The second-order valence-electron chi connectivity index (χ2n) is 7.46. The summed E-state index contributed by atoms with van der Waals surface area (Å²) in [4.78, 5) is 29.3. The number of fused-ring (bicyclic) bond motifs is 4. The van der Waals surface area contributed by atoms with Crippen molar-refractivity contribution in [1.82, 2.24) is 9.80 Å². The molecule has 5 heteroatoms. The van der Waals surface area contributed by atoms with E-state index in [1.165, 1.54) is 5.56 Å². The molecule has 4 rings (SSSR count). The fraction of sp³-hybridized carbons (Fsp3) is 0.619. The first-order valence-electron chi connectivity index (χ1n) is 9.83. The highest BCUT2D eigenvalue weighted by atomic mass is 16.5. The zero-order valence-corrected chi connectivity index (χ0v) is 15.9. The van der Waals surface area contributed by atoms with Gasteiger partial charge in [-0.15, -0.1) is 0 Å². The van der Waals surface area contributed by atoms with Crippen LogP contribution in [-0.4, -0.2) is 54.4 Å². The van der Waals surface area contributed by atoms with Crippen LogP contribution in [0.25, 0.3) is 0 Å². The van der Waals surface area contributed by atoms with Gasteiger partial charge in [0.25, 0.3) is 0 Å². The molecule has 0 N–H and O–H groups in total. The molecule has 3 aliphatic heterocycles. The SMILES string of the molecule is CCCN1C(=O)[C@@H]2CC[C@H]1CN(C(=O)CCCc1ccc(OC)cc1)C2. The van der Waals surface area contributed by atoms with E-state index in [2.05, 4.69) is 19.1 Å². The average molecular weight is 358 g/mol. The Hall–Kier alpha value is -2.04. The number of ether oxygens (including phenoxy) is 1. The minimum Gasteiger partial charge on any atom is -0.497 e. The summed E-state index contributed by atoms with van der Waals surface area (Å²) in [6.07, 6.45) is 5.21. The third kappa shape index (κ3) is 4.19. The number of piperidine rings is 1. The lowest BCUT2D eigenvalue weighted by atomic mass is 9.94. The molecule has 3 heterocycles. The standard InChI is InChI=1S/C21H30N2O3/c1-3-13-23-18-10-9-17(21(23)25)14-22(15-18)20(24)6-4-5-16-7-11-19(26-2)12-8-16/h7-8,11-12,17-18H,3-6,9-10,13-15H2,1-2H3/t17-,18+/m1/s1. The first-order valence-corrected chi connectivity index (χ1v) is 9.83. The first kappa shape index (κ1) is 18.7. The minimum absolute atomic E-state index is 0.00541. The van der Waals surface area contributed by atoms with E-state index in [4.69, 9.17) is 4.74 Å². The molecule has 0 aromatic heterocycles. The quantitative estimate of drug-likeness (QED) is 0.753. The maximum Gasteiger partial charge on any atom is 0.227 e. The molecule has 0 saturated carbocycles. The van der Waals surface area contributed by atoms with Gasteiger partial charge in [0.05, 0.1) is 13.0 Å². The van der Waals surface area contributed by atoms with E-state index in [1.54, 1.807) is 7.11 Å². The van der Waals surface area contributed by atoms with Crippen molar-refractivity contribution < 1.29 is 14.3 Å². The van der Waals surface area contributed by atoms with E-state index in [-0.39, 0.29) is 23.8 Å². The Bertz CT molecular complexity index is 629. The van der Waals surface area contributed by atoms with Crippen molar-refractivity contribution in [2.45, 2.75) is 51.5 Å². The third-order valence-electron chi connectivity index (χ3n) is 5.63. The normalized spacial score (nSPS) is 22.5. The van der Waals surface area contributed by atoms with Crippen LogP contribution in [0.4, 0.5) is 0 Å². The molecule has 3 aliphatic rings. The molecule has 26 heavy (non-hydrogen) atoms. The van der Waals surface area contributed by atoms with E-state index in [0.29, 0.717) is 19.5 Å². The molecule has 0 aliphatic carbocycles. The Morgan fingerprint density at radius 3 is 2.65 bits per heavy atom. The van der Waals surface area contributed by atoms with Crippen LogP contribution in [0.5, 0.6) is 5.75 Å². The number of nitrogens with zero attached hydrogens (tertiary/aromatic N) is 2. The van der Waals surface area contributed by atoms with Crippen molar-refractivity contribution in [3.05, 3.63) is 29.8 Å². The van der Waals surface area contributed by atoms with Gasteiger partial charge >= 0.3 is 0 Å². The van der Waals surface area contributed by atoms with Crippen LogP contribution in [0.1, 0.15) is 44.6 Å². The molecule has 0 spiro atoms. The number of methoxy groups -OCH3 is 1. The fourth-order valence-corrected chi connectivity index (χ4v) is 4.17. The molecule has 5 nitrogen and oxygen atoms in total. The summed E-state index contributed by atoms with van der Waals surface area (Å²) >= 11 is 0. The third-order valence-corrected chi connectivity index (χ3v) is 5.63. The zero-order valence-electron chi connectivity index (χ0n) is 15.9. The number of carbonyl (C=O) groups excluding carboxylic acids is 2. The monoisotopic (exact) mass is 358 g/mol. The maximum absolute atomic E-state index is 12.7. The molecular weight excluding hydrogens is 328 g/mol. The summed E-state index contributed by atoms with van der Waals surface area (Å²) in [5.41, 5.74) is 1.22. The Morgan fingerprint density at radius 2 is 1.96 bits per heavy atom. The smallest absolute Gasteiger partial charge is 0.227 e. The van der Waals surface area contributed by atoms with E-state index in [1.807, 2.05) is 21.9 Å². The second-order valence-corrected chi connectivity index (χ2v) is 7.46. The Morgan fingerprint density at radius 1 is 1.19 bits per heavy atom. The number of hydrogen-bond acceptors (Lipinski definition) is 3. The Labute approximate surface area is 156 Å². The molecule has 0 radical (unpaired) electrons. The summed E-state index contributed by atoms with van der Waals surface area (Å²) in [6, 6.07) is 8.23.